The molecule has 0 bridgehead atoms. The zero-order valence-corrected chi connectivity index (χ0v) is 19.0. The van der Waals surface area contributed by atoms with Crippen molar-refractivity contribution < 1.29 is 14.6 Å². The fourth-order valence-corrected chi connectivity index (χ4v) is 4.70. The largest absolute Gasteiger partial charge is 0.491 e. The second-order valence-electron chi connectivity index (χ2n) is 7.96. The Bertz CT molecular complexity index is 1030. The Morgan fingerprint density at radius 2 is 2.03 bits per heavy atom. The van der Waals surface area contributed by atoms with Gasteiger partial charge in [0.05, 0.1) is 10.2 Å². The van der Waals surface area contributed by atoms with E-state index in [1.165, 1.54) is 16.9 Å². The zero-order chi connectivity index (χ0) is 21.8. The molecule has 1 aliphatic rings. The first-order valence-electron chi connectivity index (χ1n) is 10.4. The van der Waals surface area contributed by atoms with E-state index in [0.717, 1.165) is 41.9 Å². The summed E-state index contributed by atoms with van der Waals surface area (Å²) in [6.07, 6.45) is 1.13. The number of carbonyl (C=O) groups excluding carboxylic acids is 1. The third-order valence-corrected chi connectivity index (χ3v) is 6.67. The van der Waals surface area contributed by atoms with Crippen molar-refractivity contribution in [1.82, 2.24) is 15.2 Å². The van der Waals surface area contributed by atoms with Gasteiger partial charge in [-0.1, -0.05) is 29.3 Å². The number of aliphatic hydroxyl groups excluding tert-OH is 1. The van der Waals surface area contributed by atoms with Gasteiger partial charge in [0.15, 0.2) is 5.01 Å². The lowest BCUT2D eigenvalue weighted by Crippen LogP contribution is -2.47. The number of halogens is 1. The van der Waals surface area contributed by atoms with Gasteiger partial charge in [-0.25, -0.2) is 4.98 Å². The highest BCUT2D eigenvalue weighted by Gasteiger charge is 2.24. The molecule has 1 atom stereocenters. The molecule has 4 rings (SSSR count). The van der Waals surface area contributed by atoms with Crippen molar-refractivity contribution in [3.63, 3.8) is 0 Å². The van der Waals surface area contributed by atoms with E-state index in [-0.39, 0.29) is 18.6 Å². The number of thiazole rings is 1. The fraction of sp³-hybridized carbons (Fsp3) is 0.391. The summed E-state index contributed by atoms with van der Waals surface area (Å²) in [4.78, 5) is 19.2. The van der Waals surface area contributed by atoms with E-state index in [2.05, 4.69) is 15.2 Å². The average Bonchev–Trinajstić information content (AvgIpc) is 3.18. The summed E-state index contributed by atoms with van der Waals surface area (Å²) in [7, 11) is 0. The van der Waals surface area contributed by atoms with E-state index in [9.17, 15) is 9.90 Å². The molecule has 2 N–H and O–H groups in total. The number of fused-ring (bicyclic) bond motifs is 1. The number of likely N-dealkylation sites (tertiary alicyclic amines) is 1. The van der Waals surface area contributed by atoms with E-state index in [0.29, 0.717) is 16.6 Å². The highest BCUT2D eigenvalue weighted by molar-refractivity contribution is 7.20. The summed E-state index contributed by atoms with van der Waals surface area (Å²) in [5.41, 5.74) is 1.93. The summed E-state index contributed by atoms with van der Waals surface area (Å²) in [6.45, 7) is 4.50. The van der Waals surface area contributed by atoms with Gasteiger partial charge in [-0.05, 0) is 50.1 Å². The summed E-state index contributed by atoms with van der Waals surface area (Å²) >= 11 is 7.38. The first kappa shape index (κ1) is 22.0. The van der Waals surface area contributed by atoms with Gasteiger partial charge in [0.2, 0.25) is 0 Å². The first-order valence-corrected chi connectivity index (χ1v) is 11.6. The Morgan fingerprint density at radius 3 is 2.77 bits per heavy atom. The van der Waals surface area contributed by atoms with Crippen LogP contribution in [0.1, 0.15) is 28.2 Å². The molecule has 1 unspecified atom stereocenters. The number of nitrogens with zero attached hydrogens (tertiary/aromatic N) is 2. The normalized spacial score (nSPS) is 16.4. The van der Waals surface area contributed by atoms with Crippen molar-refractivity contribution in [2.75, 3.05) is 26.2 Å². The first-order chi connectivity index (χ1) is 15.0. The van der Waals surface area contributed by atoms with E-state index in [1.807, 2.05) is 37.3 Å². The molecule has 1 fully saturated rings. The third-order valence-electron chi connectivity index (χ3n) is 5.40. The molecule has 0 radical (unpaired) electrons. The molecule has 1 aromatic heterocycles. The average molecular weight is 460 g/mol. The number of β-amino-alcohol motifs (C(OH)–C–C–N with tert-alkyl or cyclic N) is 1. The van der Waals surface area contributed by atoms with Gasteiger partial charge in [-0.3, -0.25) is 4.79 Å². The Kier molecular flexibility index (Phi) is 7.07. The van der Waals surface area contributed by atoms with Crippen molar-refractivity contribution in [3.05, 3.63) is 58.1 Å². The lowest BCUT2D eigenvalue weighted by molar-refractivity contribution is 0.0568. The van der Waals surface area contributed by atoms with Crippen LogP contribution >= 0.6 is 22.9 Å². The van der Waals surface area contributed by atoms with E-state index < -0.39 is 6.10 Å². The number of piperidine rings is 1. The molecule has 164 valence electrons. The molecular weight excluding hydrogens is 434 g/mol. The van der Waals surface area contributed by atoms with Gasteiger partial charge in [0, 0.05) is 30.7 Å². The number of nitrogens with one attached hydrogen (secondary N) is 1. The quantitative estimate of drug-likeness (QED) is 0.560. The SMILES string of the molecule is Cc1ccc(OCC(O)CN2CCC(NC(=O)c3nc4cc(Cl)ccc4s3)CC2)cc1. The Hall–Kier alpha value is -2.19. The molecule has 0 aliphatic carbocycles. The van der Waals surface area contributed by atoms with E-state index in [1.54, 1.807) is 12.1 Å². The molecule has 2 heterocycles. The van der Waals surface area contributed by atoms with Gasteiger partial charge in [0.1, 0.15) is 18.5 Å². The second kappa shape index (κ2) is 9.96. The standard InChI is InChI=1S/C23H26ClN3O3S/c1-15-2-5-19(6-3-15)30-14-18(28)13-27-10-8-17(9-11-27)25-22(29)23-26-20-12-16(24)4-7-21(20)31-23/h2-7,12,17-18,28H,8-11,13-14H2,1H3,(H,25,29). The molecule has 31 heavy (non-hydrogen) atoms. The highest BCUT2D eigenvalue weighted by atomic mass is 35.5. The van der Waals surface area contributed by atoms with Gasteiger partial charge in [-0.2, -0.15) is 0 Å². The lowest BCUT2D eigenvalue weighted by atomic mass is 10.0. The van der Waals surface area contributed by atoms with Gasteiger partial charge >= 0.3 is 0 Å². The maximum atomic E-state index is 12.6. The number of ether oxygens (including phenoxy) is 1. The van der Waals surface area contributed by atoms with Crippen LogP contribution in [0.2, 0.25) is 5.02 Å². The van der Waals surface area contributed by atoms with Crippen molar-refractivity contribution in [3.8, 4) is 5.75 Å². The number of carbonyl (C=O) groups is 1. The Balaban J connectivity index is 1.20. The molecule has 1 aliphatic heterocycles. The van der Waals surface area contributed by atoms with Crippen LogP contribution < -0.4 is 10.1 Å². The van der Waals surface area contributed by atoms with Gasteiger partial charge < -0.3 is 20.1 Å². The molecule has 0 saturated carbocycles. The van der Waals surface area contributed by atoms with Crippen LogP contribution in [0.5, 0.6) is 5.75 Å². The molecule has 1 saturated heterocycles. The van der Waals surface area contributed by atoms with Crippen LogP contribution in [-0.2, 0) is 0 Å². The number of hydrogen-bond acceptors (Lipinski definition) is 6. The van der Waals surface area contributed by atoms with Crippen molar-refractivity contribution in [1.29, 1.82) is 0 Å². The minimum Gasteiger partial charge on any atom is -0.491 e. The topological polar surface area (TPSA) is 74.7 Å². The van der Waals surface area contributed by atoms with E-state index >= 15 is 0 Å². The number of amides is 1. The van der Waals surface area contributed by atoms with E-state index in [4.69, 9.17) is 16.3 Å². The number of hydrogen-bond donors (Lipinski definition) is 2. The molecular formula is C23H26ClN3O3S. The molecule has 1 amide bonds. The maximum Gasteiger partial charge on any atom is 0.280 e. The van der Waals surface area contributed by atoms with Crippen LogP contribution in [0, 0.1) is 6.92 Å². The minimum absolute atomic E-state index is 0.111. The smallest absolute Gasteiger partial charge is 0.280 e. The maximum absolute atomic E-state index is 12.6. The summed E-state index contributed by atoms with van der Waals surface area (Å²) < 4.78 is 6.62. The van der Waals surface area contributed by atoms with Crippen LogP contribution in [-0.4, -0.2) is 59.3 Å². The summed E-state index contributed by atoms with van der Waals surface area (Å²) in [6, 6.07) is 13.4. The Labute approximate surface area is 190 Å². The van der Waals surface area contributed by atoms with Crippen LogP contribution in [0.15, 0.2) is 42.5 Å². The second-order valence-corrected chi connectivity index (χ2v) is 9.42. The zero-order valence-electron chi connectivity index (χ0n) is 17.4. The number of aryl methyl sites for hydroxylation is 1. The van der Waals surface area contributed by atoms with Gasteiger partial charge in [0.25, 0.3) is 5.91 Å². The number of aliphatic hydroxyl groups is 1. The number of aromatic nitrogens is 1. The molecule has 8 heteroatoms. The van der Waals surface area contributed by atoms with Crippen molar-refractivity contribution in [2.24, 2.45) is 0 Å². The minimum atomic E-state index is -0.554. The number of rotatable bonds is 7. The summed E-state index contributed by atoms with van der Waals surface area (Å²) in [5, 5.41) is 14.5. The fourth-order valence-electron chi connectivity index (χ4n) is 3.68. The lowest BCUT2D eigenvalue weighted by Gasteiger charge is -2.33. The molecule has 0 spiro atoms. The van der Waals surface area contributed by atoms with Crippen molar-refractivity contribution in [2.45, 2.75) is 31.9 Å². The van der Waals surface area contributed by atoms with Crippen LogP contribution in [0.25, 0.3) is 10.2 Å². The van der Waals surface area contributed by atoms with Crippen molar-refractivity contribution >= 4 is 39.1 Å². The predicted octanol–water partition coefficient (Wildman–Crippen LogP) is 3.89. The molecule has 2 aromatic carbocycles. The Morgan fingerprint density at radius 1 is 1.29 bits per heavy atom. The van der Waals surface area contributed by atoms with Gasteiger partial charge in [-0.15, -0.1) is 11.3 Å². The van der Waals surface area contributed by atoms with Crippen LogP contribution in [0.3, 0.4) is 0 Å². The summed E-state index contributed by atoms with van der Waals surface area (Å²) in [5.74, 6) is 0.630. The third kappa shape index (κ3) is 5.95. The molecule has 6 nitrogen and oxygen atoms in total. The van der Waals surface area contributed by atoms with Crippen LogP contribution in [0.4, 0.5) is 0 Å². The highest BCUT2D eigenvalue weighted by Crippen LogP contribution is 2.25. The predicted molar refractivity (Wildman–Crippen MR) is 124 cm³/mol. The monoisotopic (exact) mass is 459 g/mol. The molecule has 3 aromatic rings. The number of benzene rings is 2.